The minimum absolute atomic E-state index is 0.143. The molecule has 7 heteroatoms. The summed E-state index contributed by atoms with van der Waals surface area (Å²) >= 11 is 2.89. The van der Waals surface area contributed by atoms with Crippen LogP contribution < -0.4 is 5.32 Å². The van der Waals surface area contributed by atoms with E-state index in [4.69, 9.17) is 0 Å². The van der Waals surface area contributed by atoms with E-state index in [-0.39, 0.29) is 5.91 Å². The monoisotopic (exact) mass is 324 g/mol. The number of aromatic nitrogens is 3. The summed E-state index contributed by atoms with van der Waals surface area (Å²) in [6.07, 6.45) is 3.13. The van der Waals surface area contributed by atoms with Gasteiger partial charge in [0.15, 0.2) is 0 Å². The van der Waals surface area contributed by atoms with Crippen LogP contribution in [0.1, 0.15) is 64.9 Å². The van der Waals surface area contributed by atoms with Crippen LogP contribution in [-0.4, -0.2) is 21.1 Å². The van der Waals surface area contributed by atoms with Gasteiger partial charge in [0.2, 0.25) is 5.13 Å². The molecule has 0 aromatic carbocycles. The lowest BCUT2D eigenvalue weighted by Crippen LogP contribution is -2.11. The predicted molar refractivity (Wildman–Crippen MR) is 87.4 cm³/mol. The molecule has 0 bridgehead atoms. The first-order chi connectivity index (χ1) is 10.0. The Morgan fingerprint density at radius 3 is 2.67 bits per heavy atom. The van der Waals surface area contributed by atoms with Gasteiger partial charge in [0.1, 0.15) is 9.88 Å². The van der Waals surface area contributed by atoms with Crippen LogP contribution in [0.5, 0.6) is 0 Å². The first-order valence-electron chi connectivity index (χ1n) is 7.12. The lowest BCUT2D eigenvalue weighted by atomic mass is 10.2. The zero-order chi connectivity index (χ0) is 15.4. The van der Waals surface area contributed by atoms with Crippen LogP contribution in [0.4, 0.5) is 5.13 Å². The van der Waals surface area contributed by atoms with Gasteiger partial charge in [-0.15, -0.1) is 21.5 Å². The molecule has 0 fully saturated rings. The second-order valence-corrected chi connectivity index (χ2v) is 7.27. The minimum Gasteiger partial charge on any atom is -0.296 e. The van der Waals surface area contributed by atoms with Crippen LogP contribution in [0, 0.1) is 6.92 Å². The van der Waals surface area contributed by atoms with Crippen molar-refractivity contribution in [3.05, 3.63) is 20.6 Å². The quantitative estimate of drug-likeness (QED) is 0.871. The van der Waals surface area contributed by atoms with Gasteiger partial charge in [0.25, 0.3) is 5.91 Å². The molecule has 0 radical (unpaired) electrons. The smallest absolute Gasteiger partial charge is 0.269 e. The molecule has 2 rings (SSSR count). The highest BCUT2D eigenvalue weighted by Gasteiger charge is 2.18. The number of nitrogens with one attached hydrogen (secondary N) is 1. The highest BCUT2D eigenvalue weighted by molar-refractivity contribution is 7.16. The van der Waals surface area contributed by atoms with Gasteiger partial charge < -0.3 is 0 Å². The summed E-state index contributed by atoms with van der Waals surface area (Å²) < 4.78 is 0. The zero-order valence-corrected chi connectivity index (χ0v) is 14.4. The molecule has 0 unspecified atom stereocenters. The minimum atomic E-state index is -0.143. The molecule has 21 heavy (non-hydrogen) atoms. The molecule has 1 N–H and O–H groups in total. The molecular formula is C14H20N4OS2. The Labute approximate surface area is 132 Å². The lowest BCUT2D eigenvalue weighted by molar-refractivity contribution is 0.102. The number of hydrogen-bond donors (Lipinski definition) is 1. The van der Waals surface area contributed by atoms with Crippen LogP contribution >= 0.6 is 22.7 Å². The number of thiazole rings is 1. The second-order valence-electron chi connectivity index (χ2n) is 5.18. The molecular weight excluding hydrogens is 304 g/mol. The normalized spacial score (nSPS) is 11.1. The zero-order valence-electron chi connectivity index (χ0n) is 12.8. The lowest BCUT2D eigenvalue weighted by Gasteiger charge is -1.98. The van der Waals surface area contributed by atoms with Crippen molar-refractivity contribution in [3.63, 3.8) is 0 Å². The average Bonchev–Trinajstić information content (AvgIpc) is 3.03. The summed E-state index contributed by atoms with van der Waals surface area (Å²) in [5.41, 5.74) is 0.775. The Balaban J connectivity index is 2.05. The van der Waals surface area contributed by atoms with Crippen molar-refractivity contribution < 1.29 is 4.79 Å². The summed E-state index contributed by atoms with van der Waals surface area (Å²) in [6.45, 7) is 8.15. The Kier molecular flexibility index (Phi) is 5.41. The maximum atomic E-state index is 12.3. The van der Waals surface area contributed by atoms with Crippen LogP contribution in [0.25, 0.3) is 0 Å². The molecule has 0 atom stereocenters. The van der Waals surface area contributed by atoms with E-state index in [1.54, 1.807) is 0 Å². The van der Waals surface area contributed by atoms with E-state index in [2.05, 4.69) is 41.3 Å². The molecule has 0 spiro atoms. The van der Waals surface area contributed by atoms with E-state index in [1.165, 1.54) is 22.7 Å². The van der Waals surface area contributed by atoms with Crippen molar-refractivity contribution in [2.45, 2.75) is 52.9 Å². The number of carbonyl (C=O) groups is 1. The highest BCUT2D eigenvalue weighted by atomic mass is 32.1. The molecule has 0 aliphatic carbocycles. The van der Waals surface area contributed by atoms with Crippen LogP contribution in [0.15, 0.2) is 0 Å². The molecule has 2 aromatic rings. The van der Waals surface area contributed by atoms with Gasteiger partial charge in [-0.2, -0.15) is 0 Å². The largest absolute Gasteiger partial charge is 0.296 e. The van der Waals surface area contributed by atoms with Gasteiger partial charge >= 0.3 is 0 Å². The Bertz CT molecular complexity index is 618. The van der Waals surface area contributed by atoms with Gasteiger partial charge in [-0.3, -0.25) is 10.1 Å². The number of amides is 1. The molecule has 1 amide bonds. The number of hydrogen-bond acceptors (Lipinski definition) is 6. The summed E-state index contributed by atoms with van der Waals surface area (Å²) in [7, 11) is 0. The van der Waals surface area contributed by atoms with Gasteiger partial charge in [0.05, 0.1) is 10.7 Å². The van der Waals surface area contributed by atoms with E-state index in [0.29, 0.717) is 15.9 Å². The maximum absolute atomic E-state index is 12.3. The van der Waals surface area contributed by atoms with Crippen LogP contribution in [0.3, 0.4) is 0 Å². The van der Waals surface area contributed by atoms with Crippen molar-refractivity contribution in [3.8, 4) is 0 Å². The van der Waals surface area contributed by atoms with E-state index in [9.17, 15) is 4.79 Å². The first-order valence-corrected chi connectivity index (χ1v) is 8.75. The molecule has 114 valence electrons. The fraction of sp³-hybridized carbons (Fsp3) is 0.571. The van der Waals surface area contributed by atoms with Crippen LogP contribution in [0.2, 0.25) is 0 Å². The maximum Gasteiger partial charge on any atom is 0.269 e. The molecule has 0 aliphatic heterocycles. The third kappa shape index (κ3) is 4.07. The molecule has 0 saturated carbocycles. The molecule has 2 heterocycles. The second kappa shape index (κ2) is 7.09. The average molecular weight is 324 g/mol. The Morgan fingerprint density at radius 1 is 1.29 bits per heavy atom. The van der Waals surface area contributed by atoms with E-state index in [1.807, 2.05) is 6.92 Å². The highest BCUT2D eigenvalue weighted by Crippen LogP contribution is 2.26. The van der Waals surface area contributed by atoms with E-state index in [0.717, 1.165) is 35.0 Å². The van der Waals surface area contributed by atoms with Crippen molar-refractivity contribution >= 4 is 33.7 Å². The summed E-state index contributed by atoms with van der Waals surface area (Å²) in [6, 6.07) is 0. The number of nitrogens with zero attached hydrogens (tertiary/aromatic N) is 3. The van der Waals surface area contributed by atoms with Crippen molar-refractivity contribution in [2.24, 2.45) is 0 Å². The fourth-order valence-electron chi connectivity index (χ4n) is 1.76. The standard InChI is InChI=1S/C14H20N4OS2/c1-5-6-7-10-17-18-14(20-10)16-12(19)11-9(4)15-13(21-11)8(2)3/h8H,5-7H2,1-4H3,(H,16,18,19). The Hall–Kier alpha value is -1.34. The number of rotatable bonds is 6. The SMILES string of the molecule is CCCCc1nnc(NC(=O)c2sc(C(C)C)nc2C)s1. The van der Waals surface area contributed by atoms with E-state index < -0.39 is 0 Å². The van der Waals surface area contributed by atoms with Crippen LogP contribution in [-0.2, 0) is 6.42 Å². The Morgan fingerprint density at radius 2 is 2.05 bits per heavy atom. The van der Waals surface area contributed by atoms with Gasteiger partial charge in [0, 0.05) is 12.3 Å². The summed E-state index contributed by atoms with van der Waals surface area (Å²) in [5, 5.41) is 13.5. The fourth-order valence-corrected chi connectivity index (χ4v) is 3.50. The van der Waals surface area contributed by atoms with Gasteiger partial charge in [-0.1, -0.05) is 38.5 Å². The predicted octanol–water partition coefficient (Wildman–Crippen LogP) is 4.02. The topological polar surface area (TPSA) is 67.8 Å². The summed E-state index contributed by atoms with van der Waals surface area (Å²) in [4.78, 5) is 17.4. The van der Waals surface area contributed by atoms with E-state index >= 15 is 0 Å². The third-order valence-corrected chi connectivity index (χ3v) is 5.30. The molecule has 5 nitrogen and oxygen atoms in total. The van der Waals surface area contributed by atoms with Gasteiger partial charge in [-0.05, 0) is 13.3 Å². The summed E-state index contributed by atoms with van der Waals surface area (Å²) in [5.74, 6) is 0.188. The first kappa shape index (κ1) is 16.0. The van der Waals surface area contributed by atoms with Crippen molar-refractivity contribution in [2.75, 3.05) is 5.32 Å². The van der Waals surface area contributed by atoms with Crippen molar-refractivity contribution in [1.29, 1.82) is 0 Å². The number of carbonyl (C=O) groups excluding carboxylic acids is 1. The number of aryl methyl sites for hydroxylation is 2. The van der Waals surface area contributed by atoms with Crippen molar-refractivity contribution in [1.82, 2.24) is 15.2 Å². The molecule has 0 saturated heterocycles. The van der Waals surface area contributed by atoms with Gasteiger partial charge in [-0.25, -0.2) is 4.98 Å². The number of unbranched alkanes of at least 4 members (excludes halogenated alkanes) is 1. The molecule has 2 aromatic heterocycles. The third-order valence-electron chi connectivity index (χ3n) is 2.94. The molecule has 0 aliphatic rings. The number of anilines is 1.